The molecular weight excluding hydrogens is 258 g/mol. The van der Waals surface area contributed by atoms with E-state index in [1.807, 2.05) is 10.7 Å². The van der Waals surface area contributed by atoms with Gasteiger partial charge in [0.15, 0.2) is 0 Å². The summed E-state index contributed by atoms with van der Waals surface area (Å²) in [6.07, 6.45) is 4.22. The van der Waals surface area contributed by atoms with Gasteiger partial charge in [0.25, 0.3) is 0 Å². The van der Waals surface area contributed by atoms with Crippen molar-refractivity contribution in [1.82, 2.24) is 14.7 Å². The number of hydrogen-bond donors (Lipinski definition) is 1. The molecule has 0 saturated heterocycles. The second-order valence-corrected chi connectivity index (χ2v) is 4.95. The number of hydrogen-bond acceptors (Lipinski definition) is 4. The number of carbonyl (C=O) groups excluding carboxylic acids is 1. The molecule has 0 radical (unpaired) electrons. The summed E-state index contributed by atoms with van der Waals surface area (Å²) in [5.41, 5.74) is 0.994. The second kappa shape index (κ2) is 5.50. The lowest BCUT2D eigenvalue weighted by Gasteiger charge is -2.28. The molecule has 20 heavy (non-hydrogen) atoms. The van der Waals surface area contributed by atoms with E-state index in [0.717, 1.165) is 12.2 Å². The third kappa shape index (κ3) is 2.46. The van der Waals surface area contributed by atoms with Crippen LogP contribution in [0.4, 0.5) is 0 Å². The van der Waals surface area contributed by atoms with Gasteiger partial charge in [-0.15, -0.1) is 0 Å². The number of amides is 1. The van der Waals surface area contributed by atoms with Crippen LogP contribution in [0.1, 0.15) is 17.9 Å². The normalized spacial score (nSPS) is 18.6. The van der Waals surface area contributed by atoms with Crippen molar-refractivity contribution < 1.29 is 14.3 Å². The van der Waals surface area contributed by atoms with Crippen molar-refractivity contribution >= 4 is 5.91 Å². The Morgan fingerprint density at radius 3 is 3.15 bits per heavy atom. The number of nitrogens with zero attached hydrogens (tertiary/aromatic N) is 3. The average Bonchev–Trinajstić information content (AvgIpc) is 3.07. The first-order valence-corrected chi connectivity index (χ1v) is 6.71. The molecule has 1 aliphatic rings. The van der Waals surface area contributed by atoms with Gasteiger partial charge in [-0.05, 0) is 24.6 Å². The van der Waals surface area contributed by atoms with Crippen LogP contribution in [-0.2, 0) is 24.3 Å². The van der Waals surface area contributed by atoms with Crippen LogP contribution in [0.15, 0.2) is 35.1 Å². The van der Waals surface area contributed by atoms with Gasteiger partial charge in [-0.1, -0.05) is 0 Å². The molecule has 0 spiro atoms. The maximum absolute atomic E-state index is 12.4. The molecule has 6 heteroatoms. The molecule has 0 saturated carbocycles. The summed E-state index contributed by atoms with van der Waals surface area (Å²) in [7, 11) is 0. The van der Waals surface area contributed by atoms with Gasteiger partial charge in [-0.3, -0.25) is 9.48 Å². The number of rotatable bonds is 3. The van der Waals surface area contributed by atoms with Crippen LogP contribution in [0.2, 0.25) is 0 Å². The van der Waals surface area contributed by atoms with Crippen LogP contribution in [0.25, 0.3) is 0 Å². The predicted octanol–water partition coefficient (Wildman–Crippen LogP) is 0.812. The van der Waals surface area contributed by atoms with Gasteiger partial charge in [0, 0.05) is 12.7 Å². The van der Waals surface area contributed by atoms with Crippen LogP contribution < -0.4 is 0 Å². The maximum Gasteiger partial charge on any atom is 0.230 e. The van der Waals surface area contributed by atoms with Crippen molar-refractivity contribution in [3.63, 3.8) is 0 Å². The maximum atomic E-state index is 12.4. The molecule has 1 aliphatic heterocycles. The Labute approximate surface area is 116 Å². The van der Waals surface area contributed by atoms with Gasteiger partial charge >= 0.3 is 0 Å². The van der Waals surface area contributed by atoms with Crippen LogP contribution in [-0.4, -0.2) is 38.3 Å². The lowest BCUT2D eigenvalue weighted by atomic mass is 10.1. The zero-order valence-electron chi connectivity index (χ0n) is 11.1. The van der Waals surface area contributed by atoms with Gasteiger partial charge in [-0.2, -0.15) is 5.10 Å². The largest absolute Gasteiger partial charge is 0.469 e. The van der Waals surface area contributed by atoms with E-state index in [1.54, 1.807) is 29.5 Å². The zero-order chi connectivity index (χ0) is 13.9. The Morgan fingerprint density at radius 1 is 1.50 bits per heavy atom. The lowest BCUT2D eigenvalue weighted by molar-refractivity contribution is -0.134. The van der Waals surface area contributed by atoms with Crippen molar-refractivity contribution in [2.24, 2.45) is 0 Å². The molecule has 3 rings (SSSR count). The van der Waals surface area contributed by atoms with Gasteiger partial charge in [0.1, 0.15) is 5.76 Å². The summed E-state index contributed by atoms with van der Waals surface area (Å²) in [6, 6.07) is 5.30. The van der Waals surface area contributed by atoms with Gasteiger partial charge in [0.05, 0.1) is 37.6 Å². The third-order valence-electron chi connectivity index (χ3n) is 3.69. The number of aliphatic hydroxyl groups excluding tert-OH is 1. The third-order valence-corrected chi connectivity index (χ3v) is 3.69. The molecule has 0 bridgehead atoms. The Kier molecular flexibility index (Phi) is 3.56. The summed E-state index contributed by atoms with van der Waals surface area (Å²) in [4.78, 5) is 14.2. The monoisotopic (exact) mass is 275 g/mol. The Hall–Kier alpha value is -2.08. The summed E-state index contributed by atoms with van der Waals surface area (Å²) in [5, 5.41) is 13.8. The Morgan fingerprint density at radius 2 is 2.40 bits per heavy atom. The molecule has 0 aliphatic carbocycles. The molecular formula is C14H17N3O3. The highest BCUT2D eigenvalue weighted by molar-refractivity contribution is 5.78. The average molecular weight is 275 g/mol. The highest BCUT2D eigenvalue weighted by Gasteiger charge is 2.27. The highest BCUT2D eigenvalue weighted by atomic mass is 16.3. The molecule has 1 atom stereocenters. The first-order valence-electron chi connectivity index (χ1n) is 6.71. The SMILES string of the molecule is O=C(Cc1ccco1)N1Cc2ccnn2CCC1CO. The summed E-state index contributed by atoms with van der Waals surface area (Å²) in [5.74, 6) is 0.609. The van der Waals surface area contributed by atoms with Gasteiger partial charge in [-0.25, -0.2) is 0 Å². The quantitative estimate of drug-likeness (QED) is 0.900. The number of fused-ring (bicyclic) bond motifs is 1. The van der Waals surface area contributed by atoms with Crippen molar-refractivity contribution in [3.8, 4) is 0 Å². The molecule has 2 aromatic heterocycles. The lowest BCUT2D eigenvalue weighted by Crippen LogP contribution is -2.42. The number of aryl methyl sites for hydroxylation is 1. The molecule has 2 aromatic rings. The molecule has 1 N–H and O–H groups in total. The molecule has 1 unspecified atom stereocenters. The molecule has 0 fully saturated rings. The predicted molar refractivity (Wildman–Crippen MR) is 70.7 cm³/mol. The van der Waals surface area contributed by atoms with Crippen molar-refractivity contribution in [3.05, 3.63) is 42.1 Å². The molecule has 106 valence electrons. The Bertz CT molecular complexity index is 576. The van der Waals surface area contributed by atoms with Gasteiger partial charge in [0.2, 0.25) is 5.91 Å². The highest BCUT2D eigenvalue weighted by Crippen LogP contribution is 2.18. The van der Waals surface area contributed by atoms with E-state index in [1.165, 1.54) is 0 Å². The topological polar surface area (TPSA) is 71.5 Å². The standard InChI is InChI=1S/C14H17N3O3/c18-10-12-4-6-17-11(3-5-15-17)9-16(12)14(19)8-13-2-1-7-20-13/h1-3,5,7,12,18H,4,6,8-10H2. The minimum absolute atomic E-state index is 0.0330. The number of aromatic nitrogens is 2. The van der Waals surface area contributed by atoms with Crippen molar-refractivity contribution in [2.75, 3.05) is 6.61 Å². The molecule has 1 amide bonds. The van der Waals surface area contributed by atoms with E-state index in [9.17, 15) is 9.90 Å². The van der Waals surface area contributed by atoms with E-state index < -0.39 is 0 Å². The van der Waals surface area contributed by atoms with Crippen molar-refractivity contribution in [1.29, 1.82) is 0 Å². The van der Waals surface area contributed by atoms with Crippen LogP contribution in [0.3, 0.4) is 0 Å². The summed E-state index contributed by atoms with van der Waals surface area (Å²) in [6.45, 7) is 1.16. The fourth-order valence-corrected chi connectivity index (χ4v) is 2.57. The second-order valence-electron chi connectivity index (χ2n) is 4.95. The number of furan rings is 1. The molecule has 6 nitrogen and oxygen atoms in total. The first kappa shape index (κ1) is 12.9. The fraction of sp³-hybridized carbons (Fsp3) is 0.429. The van der Waals surface area contributed by atoms with Gasteiger partial charge < -0.3 is 14.4 Å². The Balaban J connectivity index is 1.79. The van der Waals surface area contributed by atoms with E-state index >= 15 is 0 Å². The van der Waals surface area contributed by atoms with Crippen LogP contribution >= 0.6 is 0 Å². The van der Waals surface area contributed by atoms with E-state index in [2.05, 4.69) is 5.10 Å². The zero-order valence-corrected chi connectivity index (χ0v) is 11.1. The minimum Gasteiger partial charge on any atom is -0.469 e. The molecule has 3 heterocycles. The minimum atomic E-state index is -0.167. The number of carbonyl (C=O) groups is 1. The number of aliphatic hydroxyl groups is 1. The van der Waals surface area contributed by atoms with E-state index in [4.69, 9.17) is 4.42 Å². The first-order chi connectivity index (χ1) is 9.78. The molecule has 0 aromatic carbocycles. The summed E-state index contributed by atoms with van der Waals surface area (Å²) < 4.78 is 7.11. The van der Waals surface area contributed by atoms with E-state index in [-0.39, 0.29) is 25.0 Å². The van der Waals surface area contributed by atoms with Crippen LogP contribution in [0, 0.1) is 0 Å². The van der Waals surface area contributed by atoms with Crippen molar-refractivity contribution in [2.45, 2.75) is 32.0 Å². The smallest absolute Gasteiger partial charge is 0.230 e. The fourth-order valence-electron chi connectivity index (χ4n) is 2.57. The summed E-state index contributed by atoms with van der Waals surface area (Å²) >= 11 is 0. The van der Waals surface area contributed by atoms with E-state index in [0.29, 0.717) is 18.7 Å². The van der Waals surface area contributed by atoms with Crippen LogP contribution in [0.5, 0.6) is 0 Å².